The lowest BCUT2D eigenvalue weighted by molar-refractivity contribution is -0.140. The fraction of sp³-hybridized carbons (Fsp3) is 0.250. The van der Waals surface area contributed by atoms with E-state index in [1.807, 2.05) is 36.4 Å². The maximum atomic E-state index is 12.3. The Morgan fingerprint density at radius 1 is 0.886 bits per heavy atom. The lowest BCUT2D eigenvalue weighted by atomic mass is 9.98. The number of hydrogen-bond acceptors (Lipinski definition) is 4. The first-order valence-corrected chi connectivity index (χ1v) is 11.6. The van der Waals surface area contributed by atoms with Crippen molar-refractivity contribution in [2.75, 3.05) is 19.7 Å². The molecule has 7 nitrogen and oxygen atoms in total. The minimum absolute atomic E-state index is 0.0188. The first kappa shape index (κ1) is 24.0. The number of carbonyl (C=O) groups is 3. The van der Waals surface area contributed by atoms with Crippen LogP contribution < -0.4 is 10.6 Å². The van der Waals surface area contributed by atoms with E-state index in [1.165, 1.54) is 29.2 Å². The number of carbonyl (C=O) groups excluding carboxylic acids is 2. The Bertz CT molecular complexity index is 1180. The molecule has 0 radical (unpaired) electrons. The second kappa shape index (κ2) is 10.9. The van der Waals surface area contributed by atoms with Gasteiger partial charge in [-0.3, -0.25) is 9.59 Å². The van der Waals surface area contributed by atoms with E-state index in [1.54, 1.807) is 12.1 Å². The zero-order valence-corrected chi connectivity index (χ0v) is 19.5. The summed E-state index contributed by atoms with van der Waals surface area (Å²) in [6.07, 6.45) is 0.123. The molecule has 3 aromatic rings. The van der Waals surface area contributed by atoms with Gasteiger partial charge in [-0.05, 0) is 46.4 Å². The number of nitrogens with one attached hydrogen (secondary N) is 2. The largest absolute Gasteiger partial charge is 0.481 e. The highest BCUT2D eigenvalue weighted by Gasteiger charge is 2.28. The normalized spacial score (nSPS) is 12.8. The quantitative estimate of drug-likeness (QED) is 0.433. The summed E-state index contributed by atoms with van der Waals surface area (Å²) in [7, 11) is 0. The number of alkyl carbamates (subject to hydrolysis) is 1. The van der Waals surface area contributed by atoms with Crippen LogP contribution in [0.5, 0.6) is 0 Å². The van der Waals surface area contributed by atoms with Gasteiger partial charge < -0.3 is 20.5 Å². The lowest BCUT2D eigenvalue weighted by Crippen LogP contribution is -2.31. The summed E-state index contributed by atoms with van der Waals surface area (Å²) in [5.74, 6) is -1.90. The number of carboxylic acids is 1. The van der Waals surface area contributed by atoms with Crippen LogP contribution in [0.25, 0.3) is 11.1 Å². The van der Waals surface area contributed by atoms with Crippen molar-refractivity contribution in [1.29, 1.82) is 0 Å². The molecule has 1 atom stereocenters. The molecule has 0 bridgehead atoms. The average Bonchev–Trinajstić information content (AvgIpc) is 3.20. The molecule has 180 valence electrons. The number of rotatable bonds is 9. The van der Waals surface area contributed by atoms with Gasteiger partial charge in [0.2, 0.25) is 0 Å². The number of fused-ring (bicyclic) bond motifs is 3. The third kappa shape index (κ3) is 5.69. The van der Waals surface area contributed by atoms with Gasteiger partial charge in [-0.1, -0.05) is 67.6 Å². The van der Waals surface area contributed by atoms with Crippen LogP contribution >= 0.6 is 0 Å². The highest BCUT2D eigenvalue weighted by molar-refractivity contribution is 5.94. The molecule has 1 aliphatic rings. The molecule has 0 fully saturated rings. The SMILES string of the molecule is CC(CNC(=O)c1ccc(CCNC(=O)OCC2c3ccccc3-c3ccccc32)cc1)C(=O)O. The third-order valence-electron chi connectivity index (χ3n) is 6.23. The molecule has 0 spiro atoms. The Balaban J connectivity index is 1.23. The Hall–Kier alpha value is -4.13. The van der Waals surface area contributed by atoms with Crippen LogP contribution in [0, 0.1) is 5.92 Å². The Labute approximate surface area is 204 Å². The zero-order chi connectivity index (χ0) is 24.8. The van der Waals surface area contributed by atoms with Gasteiger partial charge in [0.1, 0.15) is 6.61 Å². The van der Waals surface area contributed by atoms with E-state index in [9.17, 15) is 14.4 Å². The van der Waals surface area contributed by atoms with Crippen molar-refractivity contribution in [1.82, 2.24) is 10.6 Å². The van der Waals surface area contributed by atoms with Gasteiger partial charge in [-0.2, -0.15) is 0 Å². The molecule has 4 rings (SSSR count). The van der Waals surface area contributed by atoms with E-state index in [0.29, 0.717) is 18.5 Å². The summed E-state index contributed by atoms with van der Waals surface area (Å²) < 4.78 is 5.55. The van der Waals surface area contributed by atoms with Gasteiger partial charge in [0.15, 0.2) is 0 Å². The van der Waals surface area contributed by atoms with Crippen molar-refractivity contribution in [2.24, 2.45) is 5.92 Å². The molecule has 1 unspecified atom stereocenters. The van der Waals surface area contributed by atoms with Crippen molar-refractivity contribution < 1.29 is 24.2 Å². The van der Waals surface area contributed by atoms with Crippen LogP contribution in [0.1, 0.15) is 39.9 Å². The smallest absolute Gasteiger partial charge is 0.407 e. The topological polar surface area (TPSA) is 105 Å². The molecular weight excluding hydrogens is 444 g/mol. The molecule has 2 amide bonds. The van der Waals surface area contributed by atoms with E-state index in [2.05, 4.69) is 34.9 Å². The van der Waals surface area contributed by atoms with Gasteiger partial charge in [-0.25, -0.2) is 4.79 Å². The predicted octanol–water partition coefficient (Wildman–Crippen LogP) is 4.22. The number of amides is 2. The number of aliphatic carboxylic acids is 1. The predicted molar refractivity (Wildman–Crippen MR) is 132 cm³/mol. The molecular formula is C28H28N2O5. The Kier molecular flexibility index (Phi) is 7.45. The number of ether oxygens (including phenoxy) is 1. The van der Waals surface area contributed by atoms with Gasteiger partial charge in [-0.15, -0.1) is 0 Å². The van der Waals surface area contributed by atoms with Crippen molar-refractivity contribution in [2.45, 2.75) is 19.3 Å². The molecule has 0 heterocycles. The lowest BCUT2D eigenvalue weighted by Gasteiger charge is -2.14. The van der Waals surface area contributed by atoms with Crippen LogP contribution in [0.15, 0.2) is 72.8 Å². The number of hydrogen-bond donors (Lipinski definition) is 3. The number of carboxylic acid groups (broad SMARTS) is 1. The van der Waals surface area contributed by atoms with Crippen LogP contribution in [0.2, 0.25) is 0 Å². The summed E-state index contributed by atoms with van der Waals surface area (Å²) in [4.78, 5) is 35.3. The molecule has 0 aliphatic heterocycles. The van der Waals surface area contributed by atoms with Crippen molar-refractivity contribution in [3.8, 4) is 11.1 Å². The van der Waals surface area contributed by atoms with Crippen molar-refractivity contribution in [3.05, 3.63) is 95.1 Å². The van der Waals surface area contributed by atoms with E-state index < -0.39 is 18.0 Å². The van der Waals surface area contributed by atoms with Crippen LogP contribution in [-0.4, -0.2) is 42.8 Å². The highest BCUT2D eigenvalue weighted by Crippen LogP contribution is 2.44. The molecule has 0 saturated carbocycles. The first-order valence-electron chi connectivity index (χ1n) is 11.6. The molecule has 0 aromatic heterocycles. The van der Waals surface area contributed by atoms with Crippen LogP contribution in [0.4, 0.5) is 4.79 Å². The standard InChI is InChI=1S/C28H28N2O5/c1-18(27(32)33)16-30-26(31)20-12-10-19(11-13-20)14-15-29-28(34)35-17-25-23-8-4-2-6-21(23)22-7-3-5-9-24(22)25/h2-13,18,25H,14-17H2,1H3,(H,29,34)(H,30,31)(H,32,33). The summed E-state index contributed by atoms with van der Waals surface area (Å²) in [5, 5.41) is 14.3. The first-order chi connectivity index (χ1) is 16.9. The van der Waals surface area contributed by atoms with Gasteiger partial charge in [0.05, 0.1) is 5.92 Å². The molecule has 3 aromatic carbocycles. The minimum atomic E-state index is -0.954. The summed E-state index contributed by atoms with van der Waals surface area (Å²) in [5.41, 5.74) is 6.12. The fourth-order valence-corrected chi connectivity index (χ4v) is 4.22. The Morgan fingerprint density at radius 2 is 1.49 bits per heavy atom. The van der Waals surface area contributed by atoms with Crippen molar-refractivity contribution >= 4 is 18.0 Å². The maximum Gasteiger partial charge on any atom is 0.407 e. The molecule has 35 heavy (non-hydrogen) atoms. The van der Waals surface area contributed by atoms with E-state index in [-0.39, 0.29) is 25.0 Å². The number of benzene rings is 3. The molecule has 3 N–H and O–H groups in total. The molecule has 1 aliphatic carbocycles. The molecule has 0 saturated heterocycles. The summed E-state index contributed by atoms with van der Waals surface area (Å²) in [6, 6.07) is 23.4. The van der Waals surface area contributed by atoms with E-state index in [4.69, 9.17) is 9.84 Å². The third-order valence-corrected chi connectivity index (χ3v) is 6.23. The van der Waals surface area contributed by atoms with Gasteiger partial charge in [0.25, 0.3) is 5.91 Å². The second-order valence-corrected chi connectivity index (χ2v) is 8.65. The highest BCUT2D eigenvalue weighted by atomic mass is 16.5. The average molecular weight is 473 g/mol. The monoisotopic (exact) mass is 472 g/mol. The maximum absolute atomic E-state index is 12.3. The fourth-order valence-electron chi connectivity index (χ4n) is 4.22. The van der Waals surface area contributed by atoms with Crippen LogP contribution in [0.3, 0.4) is 0 Å². The van der Waals surface area contributed by atoms with Gasteiger partial charge >= 0.3 is 12.1 Å². The van der Waals surface area contributed by atoms with Gasteiger partial charge in [0, 0.05) is 24.6 Å². The zero-order valence-electron chi connectivity index (χ0n) is 19.5. The van der Waals surface area contributed by atoms with E-state index >= 15 is 0 Å². The summed E-state index contributed by atoms with van der Waals surface area (Å²) in [6.45, 7) is 2.28. The Morgan fingerprint density at radius 3 is 2.09 bits per heavy atom. The van der Waals surface area contributed by atoms with E-state index in [0.717, 1.165) is 5.56 Å². The van der Waals surface area contributed by atoms with Crippen molar-refractivity contribution in [3.63, 3.8) is 0 Å². The summed E-state index contributed by atoms with van der Waals surface area (Å²) >= 11 is 0. The van der Waals surface area contributed by atoms with Crippen LogP contribution in [-0.2, 0) is 16.0 Å². The molecule has 7 heteroatoms. The second-order valence-electron chi connectivity index (χ2n) is 8.65. The minimum Gasteiger partial charge on any atom is -0.481 e.